The summed E-state index contributed by atoms with van der Waals surface area (Å²) in [6, 6.07) is 6.49. The lowest BCUT2D eigenvalue weighted by atomic mass is 10.0. The minimum Gasteiger partial charge on any atom is -0.319 e. The van der Waals surface area contributed by atoms with Crippen molar-refractivity contribution in [2.45, 2.75) is 26.2 Å². The third kappa shape index (κ3) is 2.25. The van der Waals surface area contributed by atoms with Crippen molar-refractivity contribution in [1.82, 2.24) is 10.3 Å². The Morgan fingerprint density at radius 2 is 2.19 bits per heavy atom. The number of fused-ring (bicyclic) bond motifs is 1. The number of nitrogens with zero attached hydrogens (tertiary/aromatic N) is 1. The van der Waals surface area contributed by atoms with Crippen LogP contribution >= 0.6 is 11.3 Å². The molecular weight excluding hydrogens is 216 g/mol. The van der Waals surface area contributed by atoms with Crippen LogP contribution in [0.4, 0.5) is 0 Å². The van der Waals surface area contributed by atoms with Crippen LogP contribution in [0.15, 0.2) is 18.2 Å². The van der Waals surface area contributed by atoms with Gasteiger partial charge in [0.25, 0.3) is 0 Å². The number of hydrogen-bond acceptors (Lipinski definition) is 3. The van der Waals surface area contributed by atoms with Gasteiger partial charge in [-0.1, -0.05) is 26.0 Å². The highest BCUT2D eigenvalue weighted by Crippen LogP contribution is 2.29. The molecular formula is C13H18N2S. The normalized spacial score (nSPS) is 11.5. The summed E-state index contributed by atoms with van der Waals surface area (Å²) in [4.78, 5) is 4.75. The van der Waals surface area contributed by atoms with Crippen molar-refractivity contribution in [3.05, 3.63) is 28.8 Å². The largest absolute Gasteiger partial charge is 0.319 e. The van der Waals surface area contributed by atoms with Gasteiger partial charge in [-0.25, -0.2) is 4.98 Å². The van der Waals surface area contributed by atoms with Crippen LogP contribution in [0.3, 0.4) is 0 Å². The summed E-state index contributed by atoms with van der Waals surface area (Å²) in [6.45, 7) is 5.44. The molecule has 2 aromatic rings. The van der Waals surface area contributed by atoms with E-state index >= 15 is 0 Å². The van der Waals surface area contributed by atoms with Gasteiger partial charge in [0.15, 0.2) is 0 Å². The van der Waals surface area contributed by atoms with Gasteiger partial charge in [-0.2, -0.15) is 0 Å². The van der Waals surface area contributed by atoms with E-state index in [1.165, 1.54) is 20.8 Å². The number of benzene rings is 1. The monoisotopic (exact) mass is 234 g/mol. The number of nitrogens with one attached hydrogen (secondary N) is 1. The number of likely N-dealkylation sites (N-methyl/N-ethyl adjacent to an activating group) is 1. The molecule has 0 saturated carbocycles. The standard InChI is InChI=1S/C13H18N2S/c1-9(2)10-5-4-6-11-13(10)15-12(16-11)7-8-14-3/h4-6,9,14H,7-8H2,1-3H3. The Labute approximate surface area is 101 Å². The maximum absolute atomic E-state index is 4.75. The van der Waals surface area contributed by atoms with Crippen molar-refractivity contribution < 1.29 is 0 Å². The van der Waals surface area contributed by atoms with Gasteiger partial charge < -0.3 is 5.32 Å². The molecule has 0 radical (unpaired) electrons. The Morgan fingerprint density at radius 3 is 2.88 bits per heavy atom. The molecule has 3 heteroatoms. The third-order valence-electron chi connectivity index (χ3n) is 2.71. The van der Waals surface area contributed by atoms with Gasteiger partial charge in [0.2, 0.25) is 0 Å². The maximum Gasteiger partial charge on any atom is 0.0951 e. The molecule has 0 atom stereocenters. The molecule has 16 heavy (non-hydrogen) atoms. The van der Waals surface area contributed by atoms with E-state index in [4.69, 9.17) is 4.98 Å². The third-order valence-corrected chi connectivity index (χ3v) is 3.79. The van der Waals surface area contributed by atoms with E-state index in [2.05, 4.69) is 37.4 Å². The molecule has 0 spiro atoms. The van der Waals surface area contributed by atoms with E-state index in [-0.39, 0.29) is 0 Å². The van der Waals surface area contributed by atoms with E-state index in [0.717, 1.165) is 13.0 Å². The molecule has 1 aromatic carbocycles. The molecule has 1 heterocycles. The summed E-state index contributed by atoms with van der Waals surface area (Å²) in [7, 11) is 1.98. The first-order chi connectivity index (χ1) is 7.72. The number of hydrogen-bond donors (Lipinski definition) is 1. The maximum atomic E-state index is 4.75. The lowest BCUT2D eigenvalue weighted by Gasteiger charge is -2.04. The predicted molar refractivity (Wildman–Crippen MR) is 71.3 cm³/mol. The second-order valence-electron chi connectivity index (χ2n) is 4.31. The van der Waals surface area contributed by atoms with Crippen LogP contribution in [-0.2, 0) is 6.42 Å². The fourth-order valence-corrected chi connectivity index (χ4v) is 2.82. The second kappa shape index (κ2) is 4.93. The molecule has 2 rings (SSSR count). The fraction of sp³-hybridized carbons (Fsp3) is 0.462. The number of rotatable bonds is 4. The minimum atomic E-state index is 0.544. The van der Waals surface area contributed by atoms with E-state index in [1.54, 1.807) is 0 Å². The Bertz CT molecular complexity index is 474. The van der Waals surface area contributed by atoms with Crippen LogP contribution in [-0.4, -0.2) is 18.6 Å². The zero-order valence-electron chi connectivity index (χ0n) is 10.1. The highest BCUT2D eigenvalue weighted by Gasteiger charge is 2.09. The lowest BCUT2D eigenvalue weighted by Crippen LogP contribution is -2.09. The first-order valence-electron chi connectivity index (χ1n) is 5.75. The first-order valence-corrected chi connectivity index (χ1v) is 6.57. The molecule has 0 unspecified atom stereocenters. The Kier molecular flexibility index (Phi) is 3.56. The smallest absolute Gasteiger partial charge is 0.0951 e. The van der Waals surface area contributed by atoms with Gasteiger partial charge >= 0.3 is 0 Å². The van der Waals surface area contributed by atoms with Gasteiger partial charge in [0.05, 0.1) is 15.2 Å². The Balaban J connectivity index is 2.40. The van der Waals surface area contributed by atoms with Crippen molar-refractivity contribution in [2.24, 2.45) is 0 Å². The molecule has 0 aliphatic heterocycles. The summed E-state index contributed by atoms with van der Waals surface area (Å²) in [5.41, 5.74) is 2.57. The van der Waals surface area contributed by atoms with Crippen LogP contribution < -0.4 is 5.32 Å². The highest BCUT2D eigenvalue weighted by molar-refractivity contribution is 7.18. The van der Waals surface area contributed by atoms with E-state index in [9.17, 15) is 0 Å². The van der Waals surface area contributed by atoms with Crippen molar-refractivity contribution in [3.63, 3.8) is 0 Å². The molecule has 0 bridgehead atoms. The number of para-hydroxylation sites is 1. The van der Waals surface area contributed by atoms with Crippen LogP contribution in [0.5, 0.6) is 0 Å². The summed E-state index contributed by atoms with van der Waals surface area (Å²) in [5.74, 6) is 0.544. The number of aromatic nitrogens is 1. The van der Waals surface area contributed by atoms with Crippen molar-refractivity contribution in [2.75, 3.05) is 13.6 Å². The first kappa shape index (κ1) is 11.6. The molecule has 1 N–H and O–H groups in total. The topological polar surface area (TPSA) is 24.9 Å². The molecule has 0 fully saturated rings. The van der Waals surface area contributed by atoms with Gasteiger partial charge in [0, 0.05) is 13.0 Å². The SMILES string of the molecule is CNCCc1nc2c(C(C)C)cccc2s1. The van der Waals surface area contributed by atoms with Gasteiger partial charge in [-0.15, -0.1) is 11.3 Å². The Hall–Kier alpha value is -0.930. The average Bonchev–Trinajstić information content (AvgIpc) is 2.68. The summed E-state index contributed by atoms with van der Waals surface area (Å²) >= 11 is 1.82. The average molecular weight is 234 g/mol. The van der Waals surface area contributed by atoms with Crippen LogP contribution in [0, 0.1) is 0 Å². The fourth-order valence-electron chi connectivity index (χ4n) is 1.82. The minimum absolute atomic E-state index is 0.544. The van der Waals surface area contributed by atoms with Gasteiger partial charge in [-0.05, 0) is 24.6 Å². The van der Waals surface area contributed by atoms with Crippen molar-refractivity contribution in [3.8, 4) is 0 Å². The molecule has 0 saturated heterocycles. The summed E-state index contributed by atoms with van der Waals surface area (Å²) in [5, 5.41) is 4.40. The Morgan fingerprint density at radius 1 is 1.38 bits per heavy atom. The quantitative estimate of drug-likeness (QED) is 0.879. The van der Waals surface area contributed by atoms with Crippen LogP contribution in [0.25, 0.3) is 10.2 Å². The van der Waals surface area contributed by atoms with Crippen LogP contribution in [0.1, 0.15) is 30.3 Å². The molecule has 0 aliphatic carbocycles. The van der Waals surface area contributed by atoms with E-state index in [1.807, 2.05) is 18.4 Å². The lowest BCUT2D eigenvalue weighted by molar-refractivity contribution is 0.788. The zero-order chi connectivity index (χ0) is 11.5. The highest BCUT2D eigenvalue weighted by atomic mass is 32.1. The van der Waals surface area contributed by atoms with Gasteiger partial charge in [-0.3, -0.25) is 0 Å². The predicted octanol–water partition coefficient (Wildman–Crippen LogP) is 3.18. The van der Waals surface area contributed by atoms with Crippen LogP contribution in [0.2, 0.25) is 0 Å². The molecule has 1 aromatic heterocycles. The number of thiazole rings is 1. The molecule has 86 valence electrons. The van der Waals surface area contributed by atoms with Crippen molar-refractivity contribution in [1.29, 1.82) is 0 Å². The zero-order valence-corrected chi connectivity index (χ0v) is 10.9. The van der Waals surface area contributed by atoms with E-state index < -0.39 is 0 Å². The molecule has 0 amide bonds. The summed E-state index contributed by atoms with van der Waals surface area (Å²) < 4.78 is 1.32. The molecule has 2 nitrogen and oxygen atoms in total. The van der Waals surface area contributed by atoms with E-state index in [0.29, 0.717) is 5.92 Å². The summed E-state index contributed by atoms with van der Waals surface area (Å²) in [6.07, 6.45) is 1.02. The van der Waals surface area contributed by atoms with Gasteiger partial charge in [0.1, 0.15) is 0 Å². The second-order valence-corrected chi connectivity index (χ2v) is 5.43. The van der Waals surface area contributed by atoms with Crippen molar-refractivity contribution >= 4 is 21.6 Å². The molecule has 0 aliphatic rings.